The molecule has 0 radical (unpaired) electrons. The fraction of sp³-hybridized carbons (Fsp3) is 0.200. The molecule has 1 aromatic heterocycles. The van der Waals surface area contributed by atoms with Crippen LogP contribution >= 0.6 is 0 Å². The van der Waals surface area contributed by atoms with Gasteiger partial charge in [-0.05, 0) is 11.1 Å². The van der Waals surface area contributed by atoms with E-state index >= 15 is 0 Å². The van der Waals surface area contributed by atoms with Gasteiger partial charge in [-0.25, -0.2) is 8.42 Å². The molecule has 0 aliphatic carbocycles. The first-order valence-corrected chi connectivity index (χ1v) is 10.5. The highest BCUT2D eigenvalue weighted by Crippen LogP contribution is 2.30. The first-order chi connectivity index (χ1) is 13.5. The second-order valence-corrected chi connectivity index (χ2v) is 8.72. The Morgan fingerprint density at radius 2 is 1.64 bits per heavy atom. The fourth-order valence-corrected chi connectivity index (χ4v) is 4.69. The predicted octanol–water partition coefficient (Wildman–Crippen LogP) is 2.44. The summed E-state index contributed by atoms with van der Waals surface area (Å²) in [5.41, 5.74) is 3.08. The van der Waals surface area contributed by atoms with Crippen LogP contribution in [0.25, 0.3) is 0 Å². The van der Waals surface area contributed by atoms with Crippen LogP contribution in [0.4, 0.5) is 5.82 Å². The molecule has 8 heteroatoms. The molecule has 0 unspecified atom stereocenters. The zero-order valence-corrected chi connectivity index (χ0v) is 15.9. The number of benzene rings is 2. The van der Waals surface area contributed by atoms with Gasteiger partial charge >= 0.3 is 0 Å². The molecule has 0 bridgehead atoms. The van der Waals surface area contributed by atoms with E-state index < -0.39 is 10.0 Å². The van der Waals surface area contributed by atoms with Gasteiger partial charge < -0.3 is 5.32 Å². The van der Waals surface area contributed by atoms with E-state index in [0.717, 1.165) is 16.7 Å². The molecule has 4 rings (SSSR count). The number of fused-ring (bicyclic) bond motifs is 1. The minimum atomic E-state index is -3.47. The van der Waals surface area contributed by atoms with Gasteiger partial charge in [0.05, 0.1) is 24.4 Å². The normalized spacial score (nSPS) is 14.0. The molecule has 28 heavy (non-hydrogen) atoms. The van der Waals surface area contributed by atoms with Gasteiger partial charge in [0.25, 0.3) is 0 Å². The number of rotatable bonds is 6. The number of aromatic amines is 1. The van der Waals surface area contributed by atoms with E-state index in [-0.39, 0.29) is 31.2 Å². The second-order valence-electron chi connectivity index (χ2n) is 6.75. The van der Waals surface area contributed by atoms with Crippen molar-refractivity contribution >= 4 is 21.7 Å². The molecule has 2 N–H and O–H groups in total. The lowest BCUT2D eigenvalue weighted by Gasteiger charge is -2.16. The zero-order chi connectivity index (χ0) is 19.6. The molecule has 1 aliphatic heterocycles. The molecular weight excluding hydrogens is 376 g/mol. The summed E-state index contributed by atoms with van der Waals surface area (Å²) in [4.78, 5) is 12.3. The summed E-state index contributed by atoms with van der Waals surface area (Å²) in [6.07, 6.45) is 0.235. The van der Waals surface area contributed by atoms with Crippen LogP contribution in [0.1, 0.15) is 22.4 Å². The van der Waals surface area contributed by atoms with Crippen molar-refractivity contribution in [3.63, 3.8) is 0 Å². The molecule has 0 atom stereocenters. The van der Waals surface area contributed by atoms with E-state index in [1.807, 2.05) is 48.5 Å². The Balaban J connectivity index is 1.43. The summed E-state index contributed by atoms with van der Waals surface area (Å²) in [6, 6.07) is 18.5. The number of H-pyrrole nitrogens is 1. The second kappa shape index (κ2) is 7.57. The number of sulfonamides is 1. The van der Waals surface area contributed by atoms with Crippen LogP contribution in [0.2, 0.25) is 0 Å². The van der Waals surface area contributed by atoms with E-state index in [0.29, 0.717) is 11.5 Å². The number of carbonyl (C=O) groups is 1. The molecule has 2 aromatic carbocycles. The summed E-state index contributed by atoms with van der Waals surface area (Å²) in [5, 5.41) is 9.78. The quantitative estimate of drug-likeness (QED) is 0.669. The maximum Gasteiger partial charge on any atom is 0.230 e. The monoisotopic (exact) mass is 396 g/mol. The van der Waals surface area contributed by atoms with Gasteiger partial charge in [-0.1, -0.05) is 60.7 Å². The van der Waals surface area contributed by atoms with Crippen LogP contribution in [0, 0.1) is 0 Å². The average molecular weight is 396 g/mol. The maximum absolute atomic E-state index is 12.7. The molecule has 2 heterocycles. The van der Waals surface area contributed by atoms with E-state index in [4.69, 9.17) is 0 Å². The van der Waals surface area contributed by atoms with E-state index in [1.54, 1.807) is 12.1 Å². The van der Waals surface area contributed by atoms with Crippen molar-refractivity contribution < 1.29 is 13.2 Å². The van der Waals surface area contributed by atoms with E-state index in [9.17, 15) is 13.2 Å². The Morgan fingerprint density at radius 1 is 1.00 bits per heavy atom. The SMILES string of the molecule is O=C(Cc1ccccc1)Nc1n[nH]c2c1CN(S(=O)(=O)Cc1ccccc1)C2. The van der Waals surface area contributed by atoms with Crippen molar-refractivity contribution in [3.05, 3.63) is 83.0 Å². The smallest absolute Gasteiger partial charge is 0.230 e. The van der Waals surface area contributed by atoms with Crippen molar-refractivity contribution in [1.82, 2.24) is 14.5 Å². The number of anilines is 1. The third-order valence-electron chi connectivity index (χ3n) is 4.67. The molecule has 144 valence electrons. The minimum absolute atomic E-state index is 0.0543. The fourth-order valence-electron chi connectivity index (χ4n) is 3.24. The standard InChI is InChI=1S/C20H20N4O3S/c25-19(11-15-7-3-1-4-8-15)21-20-17-12-24(13-18(17)22-23-20)28(26,27)14-16-9-5-2-6-10-16/h1-10H,11-14H2,(H2,21,22,23,25). The number of amides is 1. The molecule has 0 spiro atoms. The Hall–Kier alpha value is -2.97. The summed E-state index contributed by atoms with van der Waals surface area (Å²) in [7, 11) is -3.47. The van der Waals surface area contributed by atoms with Crippen LogP contribution < -0.4 is 5.32 Å². The van der Waals surface area contributed by atoms with Crippen molar-refractivity contribution in [2.45, 2.75) is 25.3 Å². The lowest BCUT2D eigenvalue weighted by Crippen LogP contribution is -2.27. The minimum Gasteiger partial charge on any atom is -0.309 e. The molecule has 3 aromatic rings. The van der Waals surface area contributed by atoms with Crippen LogP contribution in [0.15, 0.2) is 60.7 Å². The maximum atomic E-state index is 12.7. The highest BCUT2D eigenvalue weighted by Gasteiger charge is 2.33. The number of nitrogens with zero attached hydrogens (tertiary/aromatic N) is 2. The highest BCUT2D eigenvalue weighted by molar-refractivity contribution is 7.88. The van der Waals surface area contributed by atoms with Crippen molar-refractivity contribution in [1.29, 1.82) is 0 Å². The molecule has 7 nitrogen and oxygen atoms in total. The van der Waals surface area contributed by atoms with Crippen molar-refractivity contribution in [2.24, 2.45) is 0 Å². The third-order valence-corrected chi connectivity index (χ3v) is 6.42. The van der Waals surface area contributed by atoms with Crippen LogP contribution in [0.3, 0.4) is 0 Å². The predicted molar refractivity (Wildman–Crippen MR) is 106 cm³/mol. The van der Waals surface area contributed by atoms with Gasteiger partial charge in [0.2, 0.25) is 15.9 Å². The number of hydrogen-bond donors (Lipinski definition) is 2. The average Bonchev–Trinajstić information content (AvgIpc) is 3.26. The van der Waals surface area contributed by atoms with Crippen LogP contribution in [-0.2, 0) is 40.1 Å². The van der Waals surface area contributed by atoms with Gasteiger partial charge in [0, 0.05) is 12.1 Å². The van der Waals surface area contributed by atoms with Crippen molar-refractivity contribution in [3.8, 4) is 0 Å². The van der Waals surface area contributed by atoms with Crippen LogP contribution in [-0.4, -0.2) is 28.8 Å². The van der Waals surface area contributed by atoms with E-state index in [2.05, 4.69) is 15.5 Å². The van der Waals surface area contributed by atoms with Gasteiger partial charge in [-0.2, -0.15) is 9.40 Å². The number of carbonyl (C=O) groups excluding carboxylic acids is 1. The highest BCUT2D eigenvalue weighted by atomic mass is 32.2. The summed E-state index contributed by atoms with van der Waals surface area (Å²) in [5.74, 6) is 0.153. The summed E-state index contributed by atoms with van der Waals surface area (Å²) in [6.45, 7) is 0.425. The molecule has 0 saturated heterocycles. The molecule has 1 aliphatic rings. The number of hydrogen-bond acceptors (Lipinski definition) is 4. The largest absolute Gasteiger partial charge is 0.309 e. The lowest BCUT2D eigenvalue weighted by molar-refractivity contribution is -0.115. The Morgan fingerprint density at radius 3 is 2.32 bits per heavy atom. The Bertz CT molecular complexity index is 1080. The van der Waals surface area contributed by atoms with Gasteiger partial charge in [0.1, 0.15) is 0 Å². The third kappa shape index (κ3) is 3.97. The summed E-state index contributed by atoms with van der Waals surface area (Å²) >= 11 is 0. The Labute approximate surface area is 163 Å². The van der Waals surface area contributed by atoms with Gasteiger partial charge in [-0.15, -0.1) is 0 Å². The molecular formula is C20H20N4O3S. The van der Waals surface area contributed by atoms with Gasteiger partial charge in [0.15, 0.2) is 5.82 Å². The van der Waals surface area contributed by atoms with Crippen molar-refractivity contribution in [2.75, 3.05) is 5.32 Å². The first kappa shape index (κ1) is 18.4. The Kier molecular flexibility index (Phi) is 4.97. The topological polar surface area (TPSA) is 95.2 Å². The van der Waals surface area contributed by atoms with Gasteiger partial charge in [-0.3, -0.25) is 9.89 Å². The molecule has 1 amide bonds. The van der Waals surface area contributed by atoms with E-state index in [1.165, 1.54) is 4.31 Å². The number of aromatic nitrogens is 2. The lowest BCUT2D eigenvalue weighted by atomic mass is 10.1. The van der Waals surface area contributed by atoms with Crippen LogP contribution in [0.5, 0.6) is 0 Å². The first-order valence-electron chi connectivity index (χ1n) is 8.93. The number of nitrogens with one attached hydrogen (secondary N) is 2. The zero-order valence-electron chi connectivity index (χ0n) is 15.1. The molecule has 0 fully saturated rings. The summed E-state index contributed by atoms with van der Waals surface area (Å²) < 4.78 is 26.9. The molecule has 0 saturated carbocycles.